The van der Waals surface area contributed by atoms with Crippen LogP contribution in [-0.4, -0.2) is 5.54 Å². The van der Waals surface area contributed by atoms with E-state index >= 15 is 0 Å². The van der Waals surface area contributed by atoms with E-state index in [1.165, 1.54) is 24.8 Å². The summed E-state index contributed by atoms with van der Waals surface area (Å²) in [5.74, 6) is 5.45. The highest BCUT2D eigenvalue weighted by Gasteiger charge is 2.13. The largest absolute Gasteiger partial charge is 0.271 e. The number of nitrogens with one attached hydrogen (secondary N) is 1. The molecule has 0 aromatic heterocycles. The van der Waals surface area contributed by atoms with Crippen molar-refractivity contribution < 1.29 is 0 Å². The van der Waals surface area contributed by atoms with E-state index < -0.39 is 0 Å². The van der Waals surface area contributed by atoms with Crippen LogP contribution in [0, 0.1) is 0 Å². The molecule has 0 bridgehead atoms. The molecule has 0 spiro atoms. The van der Waals surface area contributed by atoms with Crippen LogP contribution in [-0.2, 0) is 6.42 Å². The highest BCUT2D eigenvalue weighted by Crippen LogP contribution is 2.13. The first-order valence-corrected chi connectivity index (χ1v) is 5.66. The van der Waals surface area contributed by atoms with Gasteiger partial charge in [0.05, 0.1) is 0 Å². The molecule has 0 saturated heterocycles. The number of rotatable bonds is 6. The lowest BCUT2D eigenvalue weighted by atomic mass is 9.96. The van der Waals surface area contributed by atoms with E-state index in [9.17, 15) is 0 Å². The van der Waals surface area contributed by atoms with Crippen molar-refractivity contribution in [1.82, 2.24) is 5.43 Å². The third-order valence-corrected chi connectivity index (χ3v) is 2.75. The summed E-state index contributed by atoms with van der Waals surface area (Å²) in [4.78, 5) is 0. The van der Waals surface area contributed by atoms with Crippen LogP contribution in [0.25, 0.3) is 0 Å². The molecule has 1 aromatic rings. The molecule has 15 heavy (non-hydrogen) atoms. The Morgan fingerprint density at radius 1 is 1.13 bits per heavy atom. The Hall–Kier alpha value is -0.860. The molecule has 0 aliphatic carbocycles. The highest BCUT2D eigenvalue weighted by atomic mass is 15.3. The van der Waals surface area contributed by atoms with Crippen LogP contribution in [0.3, 0.4) is 0 Å². The van der Waals surface area contributed by atoms with E-state index in [1.807, 2.05) is 0 Å². The number of unbranched alkanes of at least 4 members (excludes halogenated alkanes) is 1. The molecule has 0 fully saturated rings. The third-order valence-electron chi connectivity index (χ3n) is 2.75. The van der Waals surface area contributed by atoms with Crippen LogP contribution in [0.4, 0.5) is 0 Å². The standard InChI is InChI=1S/C13H22N2/c1-13(2,15-14)11-7-6-10-12-8-4-3-5-9-12/h3-5,8-9,15H,6-7,10-11,14H2,1-2H3. The lowest BCUT2D eigenvalue weighted by Crippen LogP contribution is -2.43. The lowest BCUT2D eigenvalue weighted by Gasteiger charge is -2.23. The molecule has 2 heteroatoms. The summed E-state index contributed by atoms with van der Waals surface area (Å²) < 4.78 is 0. The molecule has 3 N–H and O–H groups in total. The Morgan fingerprint density at radius 2 is 1.80 bits per heavy atom. The molecular weight excluding hydrogens is 184 g/mol. The van der Waals surface area contributed by atoms with Gasteiger partial charge in [-0.05, 0) is 38.7 Å². The van der Waals surface area contributed by atoms with Crippen molar-refractivity contribution in [2.75, 3.05) is 0 Å². The van der Waals surface area contributed by atoms with Gasteiger partial charge in [0.1, 0.15) is 0 Å². The molecule has 1 rings (SSSR count). The Bertz CT molecular complexity index is 267. The van der Waals surface area contributed by atoms with Gasteiger partial charge in [-0.1, -0.05) is 36.8 Å². The maximum Gasteiger partial charge on any atom is 0.0265 e. The summed E-state index contributed by atoms with van der Waals surface area (Å²) in [7, 11) is 0. The summed E-state index contributed by atoms with van der Waals surface area (Å²) in [6.07, 6.45) is 4.74. The van der Waals surface area contributed by atoms with Gasteiger partial charge >= 0.3 is 0 Å². The van der Waals surface area contributed by atoms with E-state index in [-0.39, 0.29) is 5.54 Å². The van der Waals surface area contributed by atoms with Gasteiger partial charge in [0, 0.05) is 5.54 Å². The zero-order valence-electron chi connectivity index (χ0n) is 9.79. The molecule has 0 amide bonds. The van der Waals surface area contributed by atoms with Gasteiger partial charge in [-0.25, -0.2) is 0 Å². The molecule has 0 saturated carbocycles. The van der Waals surface area contributed by atoms with Crippen molar-refractivity contribution in [2.45, 2.75) is 45.1 Å². The van der Waals surface area contributed by atoms with E-state index in [0.717, 1.165) is 6.42 Å². The van der Waals surface area contributed by atoms with Crippen molar-refractivity contribution in [1.29, 1.82) is 0 Å². The quantitative estimate of drug-likeness (QED) is 0.426. The van der Waals surface area contributed by atoms with Gasteiger partial charge in [-0.15, -0.1) is 0 Å². The molecule has 0 aliphatic rings. The lowest BCUT2D eigenvalue weighted by molar-refractivity contribution is 0.356. The van der Waals surface area contributed by atoms with Crippen LogP contribution < -0.4 is 11.3 Å². The van der Waals surface area contributed by atoms with Gasteiger partial charge in [-0.2, -0.15) is 0 Å². The van der Waals surface area contributed by atoms with Crippen LogP contribution in [0.2, 0.25) is 0 Å². The number of hydrogen-bond acceptors (Lipinski definition) is 2. The van der Waals surface area contributed by atoms with Crippen molar-refractivity contribution in [3.05, 3.63) is 35.9 Å². The molecular formula is C13H22N2. The van der Waals surface area contributed by atoms with Gasteiger partial charge in [0.15, 0.2) is 0 Å². The molecule has 2 nitrogen and oxygen atoms in total. The molecule has 0 heterocycles. The summed E-state index contributed by atoms with van der Waals surface area (Å²) in [5, 5.41) is 0. The first-order chi connectivity index (χ1) is 7.14. The zero-order chi connectivity index (χ0) is 11.1. The van der Waals surface area contributed by atoms with E-state index in [4.69, 9.17) is 5.84 Å². The highest BCUT2D eigenvalue weighted by molar-refractivity contribution is 5.14. The van der Waals surface area contributed by atoms with E-state index in [2.05, 4.69) is 49.6 Å². The minimum atomic E-state index is 0.0662. The Labute approximate surface area is 92.8 Å². The van der Waals surface area contributed by atoms with E-state index in [0.29, 0.717) is 0 Å². The van der Waals surface area contributed by atoms with Crippen LogP contribution in [0.5, 0.6) is 0 Å². The van der Waals surface area contributed by atoms with Gasteiger partial charge in [0.25, 0.3) is 0 Å². The normalized spacial score (nSPS) is 11.7. The van der Waals surface area contributed by atoms with Gasteiger partial charge < -0.3 is 0 Å². The second-order valence-corrected chi connectivity index (χ2v) is 4.72. The number of hydrogen-bond donors (Lipinski definition) is 2. The summed E-state index contributed by atoms with van der Waals surface area (Å²) in [6.45, 7) is 4.27. The molecule has 84 valence electrons. The molecule has 0 unspecified atom stereocenters. The maximum atomic E-state index is 5.45. The SMILES string of the molecule is CC(C)(CCCCc1ccccc1)NN. The third kappa shape index (κ3) is 4.96. The van der Waals surface area contributed by atoms with Crippen LogP contribution >= 0.6 is 0 Å². The predicted molar refractivity (Wildman–Crippen MR) is 65.4 cm³/mol. The molecule has 1 aromatic carbocycles. The fourth-order valence-electron chi connectivity index (χ4n) is 1.61. The monoisotopic (exact) mass is 206 g/mol. The predicted octanol–water partition coefficient (Wildman–Crippen LogP) is 2.64. The maximum absolute atomic E-state index is 5.45. The number of hydrazine groups is 1. The summed E-state index contributed by atoms with van der Waals surface area (Å²) in [6, 6.07) is 10.6. The van der Waals surface area contributed by atoms with Crippen LogP contribution in [0.15, 0.2) is 30.3 Å². The molecule has 0 atom stereocenters. The molecule has 0 aliphatic heterocycles. The Kier molecular flexibility index (Phi) is 4.79. The smallest absolute Gasteiger partial charge is 0.0265 e. The summed E-state index contributed by atoms with van der Waals surface area (Å²) in [5.41, 5.74) is 4.33. The van der Waals surface area contributed by atoms with Crippen molar-refractivity contribution >= 4 is 0 Å². The number of aryl methyl sites for hydroxylation is 1. The van der Waals surface area contributed by atoms with E-state index in [1.54, 1.807) is 0 Å². The second kappa shape index (κ2) is 5.89. The Balaban J connectivity index is 2.18. The number of nitrogens with two attached hydrogens (primary N) is 1. The van der Waals surface area contributed by atoms with Crippen molar-refractivity contribution in [2.24, 2.45) is 5.84 Å². The van der Waals surface area contributed by atoms with Crippen molar-refractivity contribution in [3.63, 3.8) is 0 Å². The molecule has 0 radical (unpaired) electrons. The average Bonchev–Trinajstić information content (AvgIpc) is 2.26. The number of benzene rings is 1. The van der Waals surface area contributed by atoms with Crippen LogP contribution in [0.1, 0.15) is 38.7 Å². The van der Waals surface area contributed by atoms with Crippen molar-refractivity contribution in [3.8, 4) is 0 Å². The topological polar surface area (TPSA) is 38.0 Å². The fraction of sp³-hybridized carbons (Fsp3) is 0.538. The average molecular weight is 206 g/mol. The van der Waals surface area contributed by atoms with Gasteiger partial charge in [0.2, 0.25) is 0 Å². The minimum Gasteiger partial charge on any atom is -0.271 e. The Morgan fingerprint density at radius 3 is 2.40 bits per heavy atom. The minimum absolute atomic E-state index is 0.0662. The fourth-order valence-corrected chi connectivity index (χ4v) is 1.61. The summed E-state index contributed by atoms with van der Waals surface area (Å²) >= 11 is 0. The first-order valence-electron chi connectivity index (χ1n) is 5.66. The zero-order valence-corrected chi connectivity index (χ0v) is 9.79. The first kappa shape index (κ1) is 12.2. The second-order valence-electron chi connectivity index (χ2n) is 4.72. The van der Waals surface area contributed by atoms with Gasteiger partial charge in [-0.3, -0.25) is 11.3 Å².